The maximum Gasteiger partial charge on any atom is 0.416 e. The summed E-state index contributed by atoms with van der Waals surface area (Å²) < 4.78 is 48.6. The molecule has 0 aromatic heterocycles. The van der Waals surface area contributed by atoms with E-state index in [9.17, 15) is 17.6 Å². The number of rotatable bonds is 2. The first kappa shape index (κ1) is 15.2. The predicted octanol–water partition coefficient (Wildman–Crippen LogP) is 2.17. The summed E-state index contributed by atoms with van der Waals surface area (Å²) in [6, 6.07) is 2.58. The topological polar surface area (TPSA) is 46.2 Å². The van der Waals surface area contributed by atoms with E-state index < -0.39 is 24.1 Å². The quantitative estimate of drug-likeness (QED) is 0.800. The van der Waals surface area contributed by atoms with Crippen LogP contribution in [0.1, 0.15) is 11.6 Å². The molecule has 0 aliphatic heterocycles. The van der Waals surface area contributed by atoms with Crippen molar-refractivity contribution in [2.75, 3.05) is 0 Å². The molecular weight excluding hydrogens is 250 g/mol. The SMILES string of the molecule is Cl.N[C@@H](c1ccc(F)cc1)[C@H](O)C(F)(F)F. The van der Waals surface area contributed by atoms with Crippen LogP contribution in [-0.2, 0) is 0 Å². The summed E-state index contributed by atoms with van der Waals surface area (Å²) in [6.45, 7) is 0. The molecular formula is C9H10ClF4NO. The van der Waals surface area contributed by atoms with E-state index in [0.29, 0.717) is 0 Å². The third-order valence-corrected chi connectivity index (χ3v) is 1.93. The second kappa shape index (κ2) is 5.47. The zero-order chi connectivity index (χ0) is 11.6. The first-order valence-corrected chi connectivity index (χ1v) is 4.08. The van der Waals surface area contributed by atoms with Crippen molar-refractivity contribution in [2.45, 2.75) is 18.3 Å². The Bertz CT molecular complexity index is 327. The van der Waals surface area contributed by atoms with E-state index in [4.69, 9.17) is 10.8 Å². The normalized spacial score (nSPS) is 15.1. The van der Waals surface area contributed by atoms with Gasteiger partial charge < -0.3 is 10.8 Å². The number of aliphatic hydroxyl groups is 1. The lowest BCUT2D eigenvalue weighted by Crippen LogP contribution is -2.38. The molecule has 0 unspecified atom stereocenters. The van der Waals surface area contributed by atoms with Crippen LogP contribution >= 0.6 is 12.4 Å². The number of benzene rings is 1. The zero-order valence-electron chi connectivity index (χ0n) is 7.91. The van der Waals surface area contributed by atoms with Crippen LogP contribution in [0.25, 0.3) is 0 Å². The summed E-state index contributed by atoms with van der Waals surface area (Å²) in [5.74, 6) is -0.576. The monoisotopic (exact) mass is 259 g/mol. The molecule has 0 saturated carbocycles. The Hall–Kier alpha value is -0.850. The summed E-state index contributed by atoms with van der Waals surface area (Å²) in [7, 11) is 0. The molecule has 0 fully saturated rings. The summed E-state index contributed by atoms with van der Waals surface area (Å²) in [6.07, 6.45) is -7.43. The number of hydrogen-bond acceptors (Lipinski definition) is 2. The van der Waals surface area contributed by atoms with Gasteiger partial charge in [-0.1, -0.05) is 12.1 Å². The lowest BCUT2D eigenvalue weighted by Gasteiger charge is -2.21. The third-order valence-electron chi connectivity index (χ3n) is 1.93. The fourth-order valence-electron chi connectivity index (χ4n) is 1.07. The average Bonchev–Trinajstić information content (AvgIpc) is 2.15. The molecule has 0 spiro atoms. The number of halogens is 5. The van der Waals surface area contributed by atoms with Gasteiger partial charge in [0, 0.05) is 0 Å². The van der Waals surface area contributed by atoms with E-state index in [0.717, 1.165) is 24.3 Å². The minimum Gasteiger partial charge on any atom is -0.382 e. The highest BCUT2D eigenvalue weighted by Gasteiger charge is 2.42. The van der Waals surface area contributed by atoms with Gasteiger partial charge in [-0.2, -0.15) is 13.2 Å². The van der Waals surface area contributed by atoms with Crippen LogP contribution in [0.15, 0.2) is 24.3 Å². The Balaban J connectivity index is 0.00000225. The predicted molar refractivity (Wildman–Crippen MR) is 52.6 cm³/mol. The highest BCUT2D eigenvalue weighted by atomic mass is 35.5. The zero-order valence-corrected chi connectivity index (χ0v) is 8.73. The van der Waals surface area contributed by atoms with Crippen molar-refractivity contribution in [3.05, 3.63) is 35.6 Å². The molecule has 0 aliphatic rings. The van der Waals surface area contributed by atoms with Gasteiger partial charge in [0.2, 0.25) is 0 Å². The van der Waals surface area contributed by atoms with Gasteiger partial charge in [0.1, 0.15) is 5.82 Å². The molecule has 3 N–H and O–H groups in total. The van der Waals surface area contributed by atoms with Gasteiger partial charge in [-0.3, -0.25) is 0 Å². The highest BCUT2D eigenvalue weighted by Crippen LogP contribution is 2.28. The van der Waals surface area contributed by atoms with E-state index in [-0.39, 0.29) is 18.0 Å². The van der Waals surface area contributed by atoms with E-state index in [1.165, 1.54) is 0 Å². The molecule has 92 valence electrons. The van der Waals surface area contributed by atoms with E-state index in [1.54, 1.807) is 0 Å². The van der Waals surface area contributed by atoms with Crippen molar-refractivity contribution in [2.24, 2.45) is 5.73 Å². The highest BCUT2D eigenvalue weighted by molar-refractivity contribution is 5.85. The fraction of sp³-hybridized carbons (Fsp3) is 0.333. The summed E-state index contributed by atoms with van der Waals surface area (Å²) in [5.41, 5.74) is 5.21. The largest absolute Gasteiger partial charge is 0.416 e. The Labute approximate surface area is 95.5 Å². The number of nitrogens with two attached hydrogens (primary N) is 1. The van der Waals surface area contributed by atoms with Gasteiger partial charge >= 0.3 is 6.18 Å². The van der Waals surface area contributed by atoms with Crippen molar-refractivity contribution in [3.8, 4) is 0 Å². The Kier molecular flexibility index (Phi) is 5.18. The van der Waals surface area contributed by atoms with Crippen LogP contribution in [0.4, 0.5) is 17.6 Å². The minimum absolute atomic E-state index is 0. The summed E-state index contributed by atoms with van der Waals surface area (Å²) in [5, 5.41) is 8.83. The number of hydrogen-bond donors (Lipinski definition) is 2. The smallest absolute Gasteiger partial charge is 0.382 e. The molecule has 1 rings (SSSR count). The maximum atomic E-state index is 12.5. The molecule has 0 saturated heterocycles. The molecule has 2 atom stereocenters. The lowest BCUT2D eigenvalue weighted by molar-refractivity contribution is -0.210. The van der Waals surface area contributed by atoms with E-state index in [2.05, 4.69) is 0 Å². The molecule has 0 heterocycles. The minimum atomic E-state index is -4.78. The van der Waals surface area contributed by atoms with Gasteiger partial charge in [-0.15, -0.1) is 12.4 Å². The second-order valence-corrected chi connectivity index (χ2v) is 3.06. The standard InChI is InChI=1S/C9H9F4NO.ClH/c10-6-3-1-5(2-4-6)7(14)8(15)9(11,12)13;/h1-4,7-8,15H,14H2;1H/t7-,8-;/m0./s1. The molecule has 0 bridgehead atoms. The number of aliphatic hydroxyl groups excluding tert-OH is 1. The van der Waals surface area contributed by atoms with Gasteiger partial charge in [-0.25, -0.2) is 4.39 Å². The summed E-state index contributed by atoms with van der Waals surface area (Å²) >= 11 is 0. The third kappa shape index (κ3) is 3.62. The maximum absolute atomic E-state index is 12.5. The van der Waals surface area contributed by atoms with Gasteiger partial charge in [0.25, 0.3) is 0 Å². The van der Waals surface area contributed by atoms with Crippen LogP contribution in [0, 0.1) is 5.82 Å². The lowest BCUT2D eigenvalue weighted by atomic mass is 10.0. The van der Waals surface area contributed by atoms with Crippen LogP contribution in [-0.4, -0.2) is 17.4 Å². The van der Waals surface area contributed by atoms with Crippen LogP contribution in [0.3, 0.4) is 0 Å². The molecule has 2 nitrogen and oxygen atoms in total. The van der Waals surface area contributed by atoms with Crippen molar-refractivity contribution in [3.63, 3.8) is 0 Å². The van der Waals surface area contributed by atoms with E-state index >= 15 is 0 Å². The molecule has 0 amide bonds. The molecule has 1 aromatic carbocycles. The summed E-state index contributed by atoms with van der Waals surface area (Å²) in [4.78, 5) is 0. The molecule has 0 radical (unpaired) electrons. The number of alkyl halides is 3. The Morgan fingerprint density at radius 3 is 1.94 bits per heavy atom. The van der Waals surface area contributed by atoms with Crippen LogP contribution < -0.4 is 5.73 Å². The van der Waals surface area contributed by atoms with E-state index in [1.807, 2.05) is 0 Å². The van der Waals surface area contributed by atoms with Crippen LogP contribution in [0.2, 0.25) is 0 Å². The first-order valence-electron chi connectivity index (χ1n) is 4.08. The van der Waals surface area contributed by atoms with Crippen LogP contribution in [0.5, 0.6) is 0 Å². The average molecular weight is 260 g/mol. The van der Waals surface area contributed by atoms with Gasteiger partial charge in [0.05, 0.1) is 6.04 Å². The second-order valence-electron chi connectivity index (χ2n) is 3.06. The Morgan fingerprint density at radius 2 is 1.56 bits per heavy atom. The van der Waals surface area contributed by atoms with Crippen molar-refractivity contribution in [1.82, 2.24) is 0 Å². The van der Waals surface area contributed by atoms with Gasteiger partial charge in [-0.05, 0) is 17.7 Å². The van der Waals surface area contributed by atoms with Crippen molar-refractivity contribution >= 4 is 12.4 Å². The van der Waals surface area contributed by atoms with Crippen molar-refractivity contribution < 1.29 is 22.7 Å². The molecule has 16 heavy (non-hydrogen) atoms. The molecule has 1 aromatic rings. The van der Waals surface area contributed by atoms with Gasteiger partial charge in [0.15, 0.2) is 6.10 Å². The first-order chi connectivity index (χ1) is 6.82. The fourth-order valence-corrected chi connectivity index (χ4v) is 1.07. The molecule has 0 aliphatic carbocycles. The van der Waals surface area contributed by atoms with Crippen molar-refractivity contribution in [1.29, 1.82) is 0 Å². The Morgan fingerprint density at radius 1 is 1.12 bits per heavy atom. The molecule has 7 heteroatoms.